The molecule has 2 N–H and O–H groups in total. The molecule has 0 saturated carbocycles. The van der Waals surface area contributed by atoms with E-state index in [0.717, 1.165) is 11.4 Å². The lowest BCUT2D eigenvalue weighted by Gasteiger charge is -2.22. The van der Waals surface area contributed by atoms with Gasteiger partial charge in [-0.05, 0) is 39.7 Å². The molecule has 2 aromatic rings. The predicted molar refractivity (Wildman–Crippen MR) is 94.1 cm³/mol. The molecule has 0 aromatic carbocycles. The van der Waals surface area contributed by atoms with Crippen molar-refractivity contribution < 1.29 is 5.11 Å². The first-order valence-electron chi connectivity index (χ1n) is 8.42. The van der Waals surface area contributed by atoms with Crippen LogP contribution in [0.5, 0.6) is 0 Å². The van der Waals surface area contributed by atoms with Crippen molar-refractivity contribution in [1.82, 2.24) is 19.5 Å². The molecule has 0 aliphatic carbocycles. The van der Waals surface area contributed by atoms with Crippen LogP contribution < -0.4 is 16.1 Å². The van der Waals surface area contributed by atoms with Crippen LogP contribution in [0.25, 0.3) is 0 Å². The SMILES string of the molecule is Cc1cc(C)nc(N2CC[C@H](O)[C@@H](n3cc(C)c(=O)[nH]c3=O)CC2)n1. The van der Waals surface area contributed by atoms with E-state index in [-0.39, 0.29) is 6.04 Å². The molecule has 1 fully saturated rings. The summed E-state index contributed by atoms with van der Waals surface area (Å²) in [5, 5.41) is 10.5. The number of aryl methyl sites for hydroxylation is 3. The van der Waals surface area contributed by atoms with Gasteiger partial charge >= 0.3 is 5.69 Å². The zero-order chi connectivity index (χ0) is 18.1. The summed E-state index contributed by atoms with van der Waals surface area (Å²) >= 11 is 0. The lowest BCUT2D eigenvalue weighted by atomic mass is 10.1. The highest BCUT2D eigenvalue weighted by atomic mass is 16.3. The van der Waals surface area contributed by atoms with E-state index in [4.69, 9.17) is 0 Å². The van der Waals surface area contributed by atoms with Crippen LogP contribution in [0.2, 0.25) is 0 Å². The van der Waals surface area contributed by atoms with Crippen LogP contribution in [0.15, 0.2) is 21.9 Å². The molecule has 1 aliphatic rings. The molecule has 2 aromatic heterocycles. The smallest absolute Gasteiger partial charge is 0.328 e. The van der Waals surface area contributed by atoms with Crippen LogP contribution in [0.3, 0.4) is 0 Å². The van der Waals surface area contributed by atoms with E-state index in [9.17, 15) is 14.7 Å². The average molecular weight is 345 g/mol. The first-order chi connectivity index (χ1) is 11.8. The Hall–Kier alpha value is -2.48. The molecular weight excluding hydrogens is 322 g/mol. The minimum Gasteiger partial charge on any atom is -0.391 e. The number of anilines is 1. The summed E-state index contributed by atoms with van der Waals surface area (Å²) in [6, 6.07) is 1.53. The molecule has 3 rings (SSSR count). The van der Waals surface area contributed by atoms with Gasteiger partial charge in [-0.15, -0.1) is 0 Å². The Morgan fingerprint density at radius 1 is 1.12 bits per heavy atom. The third-order valence-corrected chi connectivity index (χ3v) is 4.59. The van der Waals surface area contributed by atoms with Gasteiger partial charge in [-0.25, -0.2) is 14.8 Å². The molecule has 25 heavy (non-hydrogen) atoms. The monoisotopic (exact) mass is 345 g/mol. The predicted octanol–water partition coefficient (Wildman–Crippen LogP) is 0.454. The topological polar surface area (TPSA) is 104 Å². The number of nitrogens with zero attached hydrogens (tertiary/aromatic N) is 4. The van der Waals surface area contributed by atoms with Crippen molar-refractivity contribution in [2.24, 2.45) is 0 Å². The first-order valence-corrected chi connectivity index (χ1v) is 8.42. The summed E-state index contributed by atoms with van der Waals surface area (Å²) in [4.78, 5) is 37.0. The van der Waals surface area contributed by atoms with Crippen LogP contribution >= 0.6 is 0 Å². The molecule has 3 heterocycles. The minimum atomic E-state index is -0.682. The van der Waals surface area contributed by atoms with Crippen molar-refractivity contribution in [3.8, 4) is 0 Å². The lowest BCUT2D eigenvalue weighted by molar-refractivity contribution is 0.106. The van der Waals surface area contributed by atoms with Gasteiger partial charge in [0.25, 0.3) is 5.56 Å². The van der Waals surface area contributed by atoms with Gasteiger partial charge in [0.15, 0.2) is 0 Å². The largest absolute Gasteiger partial charge is 0.391 e. The number of hydrogen-bond donors (Lipinski definition) is 2. The number of aliphatic hydroxyl groups excluding tert-OH is 1. The molecule has 0 spiro atoms. The van der Waals surface area contributed by atoms with Gasteiger partial charge in [0.1, 0.15) is 0 Å². The highest BCUT2D eigenvalue weighted by Crippen LogP contribution is 2.24. The Morgan fingerprint density at radius 2 is 1.76 bits per heavy atom. The molecular formula is C17H23N5O3. The summed E-state index contributed by atoms with van der Waals surface area (Å²) in [5.41, 5.74) is 1.36. The average Bonchev–Trinajstić information content (AvgIpc) is 2.72. The van der Waals surface area contributed by atoms with E-state index in [1.165, 1.54) is 10.8 Å². The molecule has 134 valence electrons. The second-order valence-electron chi connectivity index (χ2n) is 6.63. The summed E-state index contributed by atoms with van der Waals surface area (Å²) in [6.07, 6.45) is 1.89. The quantitative estimate of drug-likeness (QED) is 0.819. The van der Waals surface area contributed by atoms with Crippen molar-refractivity contribution in [3.05, 3.63) is 50.1 Å². The molecule has 1 saturated heterocycles. The molecule has 2 atom stereocenters. The van der Waals surface area contributed by atoms with Crippen LogP contribution in [0, 0.1) is 20.8 Å². The Labute approximate surface area is 145 Å². The standard InChI is InChI=1S/C17H23N5O3/c1-10-9-22(17(25)20-15(10)24)13-4-6-21(7-5-14(13)23)16-18-11(2)8-12(3)19-16/h8-9,13-14,23H,4-7H2,1-3H3,(H,20,24,25)/t13-,14-/m0/s1. The van der Waals surface area contributed by atoms with Gasteiger partial charge in [0.2, 0.25) is 5.95 Å². The number of rotatable bonds is 2. The van der Waals surface area contributed by atoms with Crippen LogP contribution in [-0.4, -0.2) is 43.8 Å². The Balaban J connectivity index is 1.88. The van der Waals surface area contributed by atoms with Gasteiger partial charge < -0.3 is 10.0 Å². The van der Waals surface area contributed by atoms with E-state index in [0.29, 0.717) is 37.4 Å². The van der Waals surface area contributed by atoms with Gasteiger partial charge in [0, 0.05) is 36.2 Å². The van der Waals surface area contributed by atoms with Crippen LogP contribution in [0.4, 0.5) is 5.95 Å². The van der Waals surface area contributed by atoms with E-state index in [1.54, 1.807) is 6.92 Å². The van der Waals surface area contributed by atoms with E-state index < -0.39 is 17.4 Å². The Morgan fingerprint density at radius 3 is 2.44 bits per heavy atom. The number of H-pyrrole nitrogens is 1. The fraction of sp³-hybridized carbons (Fsp3) is 0.529. The number of aromatic nitrogens is 4. The normalized spacial score (nSPS) is 21.2. The van der Waals surface area contributed by atoms with E-state index in [1.807, 2.05) is 24.8 Å². The fourth-order valence-electron chi connectivity index (χ4n) is 3.28. The molecule has 8 nitrogen and oxygen atoms in total. The maximum absolute atomic E-state index is 12.1. The summed E-state index contributed by atoms with van der Waals surface area (Å²) < 4.78 is 1.44. The van der Waals surface area contributed by atoms with Crippen LogP contribution in [-0.2, 0) is 0 Å². The van der Waals surface area contributed by atoms with Gasteiger partial charge in [-0.1, -0.05) is 0 Å². The van der Waals surface area contributed by atoms with E-state index >= 15 is 0 Å². The molecule has 8 heteroatoms. The Kier molecular flexibility index (Phi) is 4.71. The second kappa shape index (κ2) is 6.79. The molecule has 0 unspecified atom stereocenters. The van der Waals surface area contributed by atoms with Crippen molar-refractivity contribution >= 4 is 5.95 Å². The fourth-order valence-corrected chi connectivity index (χ4v) is 3.28. The van der Waals surface area contributed by atoms with Gasteiger partial charge in [-0.2, -0.15) is 0 Å². The zero-order valence-corrected chi connectivity index (χ0v) is 14.7. The third kappa shape index (κ3) is 3.63. The number of aromatic amines is 1. The lowest BCUT2D eigenvalue weighted by Crippen LogP contribution is -2.37. The second-order valence-corrected chi connectivity index (χ2v) is 6.63. The van der Waals surface area contributed by atoms with E-state index in [2.05, 4.69) is 15.0 Å². The molecule has 0 amide bonds. The van der Waals surface area contributed by atoms with Crippen molar-refractivity contribution in [3.63, 3.8) is 0 Å². The van der Waals surface area contributed by atoms with Crippen molar-refractivity contribution in [2.45, 2.75) is 45.8 Å². The van der Waals surface area contributed by atoms with Gasteiger partial charge in [-0.3, -0.25) is 14.3 Å². The maximum Gasteiger partial charge on any atom is 0.328 e. The molecule has 1 aliphatic heterocycles. The van der Waals surface area contributed by atoms with Crippen LogP contribution in [0.1, 0.15) is 35.8 Å². The Bertz CT molecular complexity index is 868. The summed E-state index contributed by atoms with van der Waals surface area (Å²) in [6.45, 7) is 6.73. The highest BCUT2D eigenvalue weighted by molar-refractivity contribution is 5.32. The van der Waals surface area contributed by atoms with Crippen molar-refractivity contribution in [2.75, 3.05) is 18.0 Å². The number of hydrogen-bond acceptors (Lipinski definition) is 6. The highest BCUT2D eigenvalue weighted by Gasteiger charge is 2.28. The number of nitrogens with one attached hydrogen (secondary N) is 1. The molecule has 0 radical (unpaired) electrons. The zero-order valence-electron chi connectivity index (χ0n) is 14.7. The maximum atomic E-state index is 12.1. The molecule has 0 bridgehead atoms. The third-order valence-electron chi connectivity index (χ3n) is 4.59. The van der Waals surface area contributed by atoms with Gasteiger partial charge in [0.05, 0.1) is 12.1 Å². The van der Waals surface area contributed by atoms with Crippen molar-refractivity contribution in [1.29, 1.82) is 0 Å². The summed E-state index contributed by atoms with van der Waals surface area (Å²) in [7, 11) is 0. The summed E-state index contributed by atoms with van der Waals surface area (Å²) in [5.74, 6) is 0.648. The number of aliphatic hydroxyl groups is 1. The first kappa shape index (κ1) is 17.3. The minimum absolute atomic E-state index is 0.390.